The highest BCUT2D eigenvalue weighted by atomic mass is 32.2. The van der Waals surface area contributed by atoms with Gasteiger partial charge in [-0.3, -0.25) is 9.59 Å². The molecule has 142 valence electrons. The number of nitrogens with one attached hydrogen (secondary N) is 1. The van der Waals surface area contributed by atoms with Gasteiger partial charge in [-0.05, 0) is 43.7 Å². The number of benzene rings is 2. The lowest BCUT2D eigenvalue weighted by Gasteiger charge is -2.17. The van der Waals surface area contributed by atoms with Crippen LogP contribution in [0.2, 0.25) is 0 Å². The number of hydrogen-bond donors (Lipinski definition) is 2. The lowest BCUT2D eigenvalue weighted by Crippen LogP contribution is -2.35. The van der Waals surface area contributed by atoms with Gasteiger partial charge in [0.05, 0.1) is 16.4 Å². The van der Waals surface area contributed by atoms with Gasteiger partial charge < -0.3 is 5.11 Å². The molecule has 0 fully saturated rings. The highest BCUT2D eigenvalue weighted by molar-refractivity contribution is 7.90. The highest BCUT2D eigenvalue weighted by Gasteiger charge is 2.27. The molecule has 0 saturated carbocycles. The molecule has 2 rings (SSSR count). The maximum atomic E-state index is 12.6. The average Bonchev–Trinajstić information content (AvgIpc) is 2.59. The van der Waals surface area contributed by atoms with Crippen molar-refractivity contribution >= 4 is 27.7 Å². The molecule has 1 atom stereocenters. The molecule has 0 aliphatic heterocycles. The molecule has 0 heterocycles. The average molecular weight is 389 g/mol. The molecule has 0 spiro atoms. The van der Waals surface area contributed by atoms with Crippen LogP contribution in [0.3, 0.4) is 0 Å². The first-order chi connectivity index (χ1) is 12.6. The van der Waals surface area contributed by atoms with Crippen molar-refractivity contribution in [2.45, 2.75) is 31.1 Å². The van der Waals surface area contributed by atoms with Crippen LogP contribution in [0.4, 0.5) is 0 Å². The van der Waals surface area contributed by atoms with Gasteiger partial charge in [0.15, 0.2) is 0 Å². The van der Waals surface area contributed by atoms with Crippen LogP contribution in [-0.2, 0) is 19.6 Å². The quantitative estimate of drug-likeness (QED) is 0.750. The largest absolute Gasteiger partial charge is 0.478 e. The molecule has 0 aromatic heterocycles. The Balaban J connectivity index is 2.29. The van der Waals surface area contributed by atoms with Crippen molar-refractivity contribution in [1.29, 1.82) is 0 Å². The summed E-state index contributed by atoms with van der Waals surface area (Å²) in [6.45, 7) is 3.15. The van der Waals surface area contributed by atoms with Gasteiger partial charge in [-0.1, -0.05) is 29.8 Å². The first kappa shape index (κ1) is 20.3. The molecule has 1 unspecified atom stereocenters. The number of carbonyl (C=O) groups is 3. The molecule has 1 amide bonds. The molecule has 0 aliphatic carbocycles. The number of amides is 1. The topological polar surface area (TPSA) is 118 Å². The first-order valence-corrected chi connectivity index (χ1v) is 9.54. The molecule has 0 radical (unpaired) electrons. The zero-order valence-corrected chi connectivity index (χ0v) is 15.6. The SMILES string of the molecule is CC(=O)CC(C(=O)NS(=O)(=O)c1ccc(C(=O)O)cc1)c1cccc(C)c1. The number of hydrogen-bond acceptors (Lipinski definition) is 5. The van der Waals surface area contributed by atoms with Gasteiger partial charge in [0.25, 0.3) is 10.0 Å². The Kier molecular flexibility index (Phi) is 6.12. The Hall–Kier alpha value is -3.00. The van der Waals surface area contributed by atoms with Gasteiger partial charge in [-0.25, -0.2) is 17.9 Å². The standard InChI is InChI=1S/C19H19NO6S/c1-12-4-3-5-15(10-12)17(11-13(2)21)18(22)20-27(25,26)16-8-6-14(7-9-16)19(23)24/h3-10,17H,11H2,1-2H3,(H,20,22)(H,23,24). The third-order valence-corrected chi connectivity index (χ3v) is 5.26. The number of Topliss-reactive ketones (excluding diaryl/α,β-unsaturated/α-hetero) is 1. The van der Waals surface area contributed by atoms with Crippen LogP contribution < -0.4 is 4.72 Å². The van der Waals surface area contributed by atoms with E-state index in [0.717, 1.165) is 29.8 Å². The zero-order chi connectivity index (χ0) is 20.2. The van der Waals surface area contributed by atoms with Crippen molar-refractivity contribution in [2.24, 2.45) is 0 Å². The Morgan fingerprint density at radius 3 is 2.22 bits per heavy atom. The molecule has 2 aromatic carbocycles. The summed E-state index contributed by atoms with van der Waals surface area (Å²) >= 11 is 0. The molecule has 27 heavy (non-hydrogen) atoms. The van der Waals surface area contributed by atoms with E-state index in [1.54, 1.807) is 18.2 Å². The van der Waals surface area contributed by atoms with E-state index >= 15 is 0 Å². The van der Waals surface area contributed by atoms with Crippen molar-refractivity contribution in [3.05, 3.63) is 65.2 Å². The predicted molar refractivity (Wildman–Crippen MR) is 97.9 cm³/mol. The van der Waals surface area contributed by atoms with E-state index in [4.69, 9.17) is 5.11 Å². The van der Waals surface area contributed by atoms with Crippen molar-refractivity contribution in [1.82, 2.24) is 4.72 Å². The fourth-order valence-corrected chi connectivity index (χ4v) is 3.59. The summed E-state index contributed by atoms with van der Waals surface area (Å²) in [4.78, 5) is 34.8. The van der Waals surface area contributed by atoms with E-state index in [9.17, 15) is 22.8 Å². The van der Waals surface area contributed by atoms with E-state index in [0.29, 0.717) is 5.56 Å². The van der Waals surface area contributed by atoms with Crippen LogP contribution in [0.1, 0.15) is 40.7 Å². The minimum atomic E-state index is -4.20. The summed E-state index contributed by atoms with van der Waals surface area (Å²) in [7, 11) is -4.20. The number of sulfonamides is 1. The molecular formula is C19H19NO6S. The second-order valence-corrected chi connectivity index (χ2v) is 7.85. The fraction of sp³-hybridized carbons (Fsp3) is 0.211. The molecule has 0 saturated heterocycles. The Morgan fingerprint density at radius 1 is 1.07 bits per heavy atom. The van der Waals surface area contributed by atoms with Crippen LogP contribution in [0.15, 0.2) is 53.4 Å². The molecule has 0 bridgehead atoms. The number of aryl methyl sites for hydroxylation is 1. The summed E-state index contributed by atoms with van der Waals surface area (Å²) in [5, 5.41) is 8.88. The number of carboxylic acids is 1. The number of rotatable bonds is 7. The fourth-order valence-electron chi connectivity index (χ4n) is 2.58. The van der Waals surface area contributed by atoms with Crippen LogP contribution in [0, 0.1) is 6.92 Å². The van der Waals surface area contributed by atoms with Crippen LogP contribution in [0.25, 0.3) is 0 Å². The summed E-state index contributed by atoms with van der Waals surface area (Å²) in [6.07, 6.45) is -0.136. The zero-order valence-electron chi connectivity index (χ0n) is 14.8. The number of carbonyl (C=O) groups excluding carboxylic acids is 2. The number of aromatic carboxylic acids is 1. The third kappa shape index (κ3) is 5.24. The third-order valence-electron chi connectivity index (χ3n) is 3.90. The maximum Gasteiger partial charge on any atom is 0.335 e. The van der Waals surface area contributed by atoms with Gasteiger partial charge in [0.1, 0.15) is 5.78 Å². The minimum Gasteiger partial charge on any atom is -0.478 e. The maximum absolute atomic E-state index is 12.6. The van der Waals surface area contributed by atoms with Gasteiger partial charge in [-0.15, -0.1) is 0 Å². The summed E-state index contributed by atoms with van der Waals surface area (Å²) in [5.74, 6) is -3.21. The van der Waals surface area contributed by atoms with E-state index < -0.39 is 27.8 Å². The van der Waals surface area contributed by atoms with E-state index in [1.807, 2.05) is 17.7 Å². The van der Waals surface area contributed by atoms with Crippen molar-refractivity contribution in [3.63, 3.8) is 0 Å². The van der Waals surface area contributed by atoms with Crippen molar-refractivity contribution in [3.8, 4) is 0 Å². The smallest absolute Gasteiger partial charge is 0.335 e. The first-order valence-electron chi connectivity index (χ1n) is 8.06. The molecule has 0 aliphatic rings. The van der Waals surface area contributed by atoms with E-state index in [-0.39, 0.29) is 22.7 Å². The minimum absolute atomic E-state index is 0.0745. The molecule has 2 aromatic rings. The predicted octanol–water partition coefficient (Wildman–Crippen LogP) is 2.26. The summed E-state index contributed by atoms with van der Waals surface area (Å²) < 4.78 is 26.9. The molecule has 7 nitrogen and oxygen atoms in total. The lowest BCUT2D eigenvalue weighted by atomic mass is 9.92. The summed E-state index contributed by atoms with van der Waals surface area (Å²) in [5.41, 5.74) is 1.34. The van der Waals surface area contributed by atoms with Crippen molar-refractivity contribution in [2.75, 3.05) is 0 Å². The van der Waals surface area contributed by atoms with Crippen molar-refractivity contribution < 1.29 is 27.9 Å². The van der Waals surface area contributed by atoms with Gasteiger partial charge in [-0.2, -0.15) is 0 Å². The second kappa shape index (κ2) is 8.13. The molecule has 8 heteroatoms. The van der Waals surface area contributed by atoms with Crippen LogP contribution in [-0.4, -0.2) is 31.2 Å². The number of ketones is 1. The van der Waals surface area contributed by atoms with E-state index in [1.165, 1.54) is 6.92 Å². The Labute approximate surface area is 157 Å². The van der Waals surface area contributed by atoms with E-state index in [2.05, 4.69) is 0 Å². The lowest BCUT2D eigenvalue weighted by molar-refractivity contribution is -0.125. The van der Waals surface area contributed by atoms with Crippen LogP contribution >= 0.6 is 0 Å². The second-order valence-electron chi connectivity index (χ2n) is 6.17. The van der Waals surface area contributed by atoms with Gasteiger partial charge >= 0.3 is 5.97 Å². The highest BCUT2D eigenvalue weighted by Crippen LogP contribution is 2.22. The van der Waals surface area contributed by atoms with Gasteiger partial charge in [0.2, 0.25) is 5.91 Å². The Morgan fingerprint density at radius 2 is 1.70 bits per heavy atom. The van der Waals surface area contributed by atoms with Gasteiger partial charge in [0, 0.05) is 6.42 Å². The monoisotopic (exact) mass is 389 g/mol. The number of carboxylic acid groups (broad SMARTS) is 1. The molecular weight excluding hydrogens is 370 g/mol. The normalized spacial score (nSPS) is 12.2. The Bertz CT molecular complexity index is 980. The summed E-state index contributed by atoms with van der Waals surface area (Å²) in [6, 6.07) is 11.4. The van der Waals surface area contributed by atoms with Crippen LogP contribution in [0.5, 0.6) is 0 Å². The molecule has 2 N–H and O–H groups in total.